The van der Waals surface area contributed by atoms with Gasteiger partial charge in [0.25, 0.3) is 0 Å². The van der Waals surface area contributed by atoms with E-state index in [1.54, 1.807) is 25.4 Å². The van der Waals surface area contributed by atoms with Crippen molar-refractivity contribution < 1.29 is 9.53 Å². The molecule has 0 bridgehead atoms. The highest BCUT2D eigenvalue weighted by Gasteiger charge is 2.08. The number of carbonyl (C=O) groups excluding carboxylic acids is 1. The molecular formula is C9H12N2O2. The first-order valence-corrected chi connectivity index (χ1v) is 3.98. The van der Waals surface area contributed by atoms with Crippen molar-refractivity contribution in [3.8, 4) is 0 Å². The van der Waals surface area contributed by atoms with Crippen LogP contribution in [0.4, 0.5) is 5.82 Å². The van der Waals surface area contributed by atoms with Gasteiger partial charge in [-0.3, -0.25) is 4.79 Å². The minimum Gasteiger partial charge on any atom is -0.384 e. The predicted molar refractivity (Wildman–Crippen MR) is 49.5 cm³/mol. The average molecular weight is 180 g/mol. The molecule has 0 unspecified atom stereocenters. The van der Waals surface area contributed by atoms with Gasteiger partial charge in [0.05, 0.1) is 12.2 Å². The van der Waals surface area contributed by atoms with Gasteiger partial charge in [0, 0.05) is 19.7 Å². The number of methoxy groups -OCH3 is 1. The van der Waals surface area contributed by atoms with Crippen LogP contribution in [0.15, 0.2) is 18.3 Å². The molecule has 70 valence electrons. The lowest BCUT2D eigenvalue weighted by molar-refractivity contribution is 0.0933. The third-order valence-electron chi connectivity index (χ3n) is 1.67. The second kappa shape index (κ2) is 4.57. The minimum absolute atomic E-state index is 0.0348. The fourth-order valence-corrected chi connectivity index (χ4v) is 0.983. The van der Waals surface area contributed by atoms with E-state index < -0.39 is 0 Å². The van der Waals surface area contributed by atoms with Crippen LogP contribution in [-0.2, 0) is 4.74 Å². The van der Waals surface area contributed by atoms with Crippen molar-refractivity contribution in [2.75, 3.05) is 19.5 Å². The van der Waals surface area contributed by atoms with Crippen LogP contribution in [-0.4, -0.2) is 24.5 Å². The minimum atomic E-state index is -0.0348. The smallest absolute Gasteiger partial charge is 0.168 e. The number of ketones is 1. The summed E-state index contributed by atoms with van der Waals surface area (Å²) in [7, 11) is 1.56. The highest BCUT2D eigenvalue weighted by molar-refractivity contribution is 5.99. The maximum absolute atomic E-state index is 11.4. The molecule has 1 aromatic rings. The fourth-order valence-electron chi connectivity index (χ4n) is 0.983. The zero-order chi connectivity index (χ0) is 9.68. The van der Waals surface area contributed by atoms with Gasteiger partial charge in [-0.25, -0.2) is 4.98 Å². The number of pyridine rings is 1. The van der Waals surface area contributed by atoms with Gasteiger partial charge in [-0.05, 0) is 12.1 Å². The van der Waals surface area contributed by atoms with E-state index in [4.69, 9.17) is 10.5 Å². The number of ether oxygens (including phenoxy) is 1. The zero-order valence-corrected chi connectivity index (χ0v) is 7.49. The molecule has 0 aliphatic carbocycles. The van der Waals surface area contributed by atoms with E-state index in [1.807, 2.05) is 0 Å². The summed E-state index contributed by atoms with van der Waals surface area (Å²) in [6.45, 7) is 0.410. The molecule has 1 aromatic heterocycles. The summed E-state index contributed by atoms with van der Waals surface area (Å²) in [6.07, 6.45) is 1.90. The lowest BCUT2D eigenvalue weighted by atomic mass is 10.1. The summed E-state index contributed by atoms with van der Waals surface area (Å²) in [5.41, 5.74) is 5.99. The summed E-state index contributed by atoms with van der Waals surface area (Å²) >= 11 is 0. The number of nitrogens with zero attached hydrogens (tertiary/aromatic N) is 1. The molecule has 0 aromatic carbocycles. The Labute approximate surface area is 76.7 Å². The normalized spacial score (nSPS) is 9.92. The fraction of sp³-hybridized carbons (Fsp3) is 0.333. The zero-order valence-electron chi connectivity index (χ0n) is 7.49. The largest absolute Gasteiger partial charge is 0.384 e. The SMILES string of the molecule is COCCC(=O)c1cccnc1N. The Morgan fingerprint density at radius 2 is 2.46 bits per heavy atom. The second-order valence-corrected chi connectivity index (χ2v) is 2.60. The second-order valence-electron chi connectivity index (χ2n) is 2.60. The summed E-state index contributed by atoms with van der Waals surface area (Å²) in [6, 6.07) is 3.36. The number of Topliss-reactive ketones (excluding diaryl/α,β-unsaturated/α-hetero) is 1. The Morgan fingerprint density at radius 3 is 3.08 bits per heavy atom. The Balaban J connectivity index is 2.71. The van der Waals surface area contributed by atoms with Crippen LogP contribution in [0.25, 0.3) is 0 Å². The number of hydrogen-bond donors (Lipinski definition) is 1. The number of nitrogen functional groups attached to an aromatic ring is 1. The van der Waals surface area contributed by atoms with Crippen LogP contribution in [0.2, 0.25) is 0 Å². The highest BCUT2D eigenvalue weighted by Crippen LogP contribution is 2.09. The lowest BCUT2D eigenvalue weighted by Gasteiger charge is -2.02. The van der Waals surface area contributed by atoms with E-state index >= 15 is 0 Å². The van der Waals surface area contributed by atoms with Crippen LogP contribution < -0.4 is 5.73 Å². The monoisotopic (exact) mass is 180 g/mol. The van der Waals surface area contributed by atoms with E-state index in [9.17, 15) is 4.79 Å². The molecule has 0 saturated carbocycles. The molecular weight excluding hydrogens is 168 g/mol. The molecule has 4 nitrogen and oxygen atoms in total. The Kier molecular flexibility index (Phi) is 3.40. The van der Waals surface area contributed by atoms with Crippen LogP contribution in [0.1, 0.15) is 16.8 Å². The standard InChI is InChI=1S/C9H12N2O2/c1-13-6-4-8(12)7-3-2-5-11-9(7)10/h2-3,5H,4,6H2,1H3,(H2,10,11). The quantitative estimate of drug-likeness (QED) is 0.698. The molecule has 0 radical (unpaired) electrons. The molecule has 4 heteroatoms. The maximum Gasteiger partial charge on any atom is 0.168 e. The maximum atomic E-state index is 11.4. The summed E-state index contributed by atoms with van der Waals surface area (Å²) in [5, 5.41) is 0. The number of anilines is 1. The van der Waals surface area contributed by atoms with Crippen LogP contribution in [0.5, 0.6) is 0 Å². The predicted octanol–water partition coefficient (Wildman–Crippen LogP) is 0.883. The van der Waals surface area contributed by atoms with E-state index in [0.717, 1.165) is 0 Å². The molecule has 2 N–H and O–H groups in total. The van der Waals surface area contributed by atoms with Gasteiger partial charge in [-0.1, -0.05) is 0 Å². The molecule has 0 atom stereocenters. The van der Waals surface area contributed by atoms with Crippen LogP contribution >= 0.6 is 0 Å². The van der Waals surface area contributed by atoms with Crippen molar-refractivity contribution in [1.82, 2.24) is 4.98 Å². The van der Waals surface area contributed by atoms with Crippen molar-refractivity contribution in [2.24, 2.45) is 0 Å². The van der Waals surface area contributed by atoms with E-state index in [0.29, 0.717) is 18.6 Å². The van der Waals surface area contributed by atoms with Crippen molar-refractivity contribution in [2.45, 2.75) is 6.42 Å². The first-order valence-electron chi connectivity index (χ1n) is 3.98. The van der Waals surface area contributed by atoms with Crippen LogP contribution in [0.3, 0.4) is 0 Å². The Morgan fingerprint density at radius 1 is 1.69 bits per heavy atom. The van der Waals surface area contributed by atoms with Gasteiger partial charge >= 0.3 is 0 Å². The van der Waals surface area contributed by atoms with Gasteiger partial charge in [0.2, 0.25) is 0 Å². The molecule has 0 saturated heterocycles. The van der Waals surface area contributed by atoms with E-state index in [2.05, 4.69) is 4.98 Å². The molecule has 0 aliphatic rings. The average Bonchev–Trinajstić information content (AvgIpc) is 2.15. The number of aromatic nitrogens is 1. The molecule has 13 heavy (non-hydrogen) atoms. The molecule has 0 amide bonds. The number of rotatable bonds is 4. The number of nitrogens with two attached hydrogens (primary N) is 1. The van der Waals surface area contributed by atoms with Gasteiger partial charge in [0.1, 0.15) is 5.82 Å². The Bertz CT molecular complexity index is 299. The van der Waals surface area contributed by atoms with Gasteiger partial charge in [0.15, 0.2) is 5.78 Å². The summed E-state index contributed by atoms with van der Waals surface area (Å²) in [4.78, 5) is 15.2. The summed E-state index contributed by atoms with van der Waals surface area (Å²) in [5.74, 6) is 0.246. The molecule has 0 fully saturated rings. The van der Waals surface area contributed by atoms with Gasteiger partial charge in [-0.2, -0.15) is 0 Å². The first kappa shape index (κ1) is 9.67. The van der Waals surface area contributed by atoms with Crippen molar-refractivity contribution in [3.63, 3.8) is 0 Å². The lowest BCUT2D eigenvalue weighted by Crippen LogP contribution is -2.07. The third kappa shape index (κ3) is 2.52. The van der Waals surface area contributed by atoms with Crippen molar-refractivity contribution in [3.05, 3.63) is 23.9 Å². The van der Waals surface area contributed by atoms with Gasteiger partial charge < -0.3 is 10.5 Å². The number of carbonyl (C=O) groups is 1. The molecule has 1 heterocycles. The Hall–Kier alpha value is -1.42. The topological polar surface area (TPSA) is 65.2 Å². The number of hydrogen-bond acceptors (Lipinski definition) is 4. The van der Waals surface area contributed by atoms with Crippen molar-refractivity contribution in [1.29, 1.82) is 0 Å². The van der Waals surface area contributed by atoms with Crippen molar-refractivity contribution >= 4 is 11.6 Å². The first-order chi connectivity index (χ1) is 6.25. The molecule has 0 aliphatic heterocycles. The molecule has 1 rings (SSSR count). The highest BCUT2D eigenvalue weighted by atomic mass is 16.5. The van der Waals surface area contributed by atoms with E-state index in [1.165, 1.54) is 0 Å². The van der Waals surface area contributed by atoms with Gasteiger partial charge in [-0.15, -0.1) is 0 Å². The van der Waals surface area contributed by atoms with Crippen LogP contribution in [0, 0.1) is 0 Å². The molecule has 0 spiro atoms. The summed E-state index contributed by atoms with van der Waals surface area (Å²) < 4.78 is 4.79. The van der Waals surface area contributed by atoms with E-state index in [-0.39, 0.29) is 11.6 Å². The third-order valence-corrected chi connectivity index (χ3v) is 1.67.